The smallest absolute Gasteiger partial charge is 0.340 e. The monoisotopic (exact) mass is 410 g/mol. The van der Waals surface area contributed by atoms with Crippen molar-refractivity contribution in [1.82, 2.24) is 24.8 Å². The summed E-state index contributed by atoms with van der Waals surface area (Å²) in [6, 6.07) is -0.408. The third-order valence-corrected chi connectivity index (χ3v) is 5.37. The van der Waals surface area contributed by atoms with E-state index in [4.69, 9.17) is 0 Å². The van der Waals surface area contributed by atoms with Crippen LogP contribution >= 0.6 is 0 Å². The summed E-state index contributed by atoms with van der Waals surface area (Å²) in [5, 5.41) is 6.19. The van der Waals surface area contributed by atoms with Gasteiger partial charge in [0, 0.05) is 31.4 Å². The van der Waals surface area contributed by atoms with Gasteiger partial charge in [-0.3, -0.25) is 9.69 Å². The molecule has 11 heteroatoms. The highest BCUT2D eigenvalue weighted by molar-refractivity contribution is 6.00. The van der Waals surface area contributed by atoms with E-state index in [-0.39, 0.29) is 17.2 Å². The minimum absolute atomic E-state index is 0.0520. The van der Waals surface area contributed by atoms with Gasteiger partial charge in [-0.05, 0) is 32.6 Å². The van der Waals surface area contributed by atoms with E-state index in [1.807, 2.05) is 6.92 Å². The van der Waals surface area contributed by atoms with Gasteiger partial charge in [-0.1, -0.05) is 0 Å². The molecule has 4 rings (SSSR count). The van der Waals surface area contributed by atoms with Crippen LogP contribution in [0.15, 0.2) is 12.3 Å². The number of hydrogen-bond acceptors (Lipinski definition) is 4. The summed E-state index contributed by atoms with van der Waals surface area (Å²) in [4.78, 5) is 32.6. The molecule has 1 aliphatic carbocycles. The Morgan fingerprint density at radius 1 is 1.34 bits per heavy atom. The summed E-state index contributed by atoms with van der Waals surface area (Å²) in [5.41, 5.74) is 0.683. The summed E-state index contributed by atoms with van der Waals surface area (Å²) in [7, 11) is 0. The minimum atomic E-state index is -4.51. The predicted octanol–water partition coefficient (Wildman–Crippen LogP) is 2.37. The van der Waals surface area contributed by atoms with Gasteiger partial charge in [0.25, 0.3) is 5.91 Å². The number of nitrogens with one attached hydrogen (secondary N) is 1. The van der Waals surface area contributed by atoms with Crippen molar-refractivity contribution in [2.24, 2.45) is 5.92 Å². The molecule has 1 unspecified atom stereocenters. The van der Waals surface area contributed by atoms with Crippen molar-refractivity contribution in [2.45, 2.75) is 38.9 Å². The first-order valence-corrected chi connectivity index (χ1v) is 9.50. The Balaban J connectivity index is 1.66. The molecule has 2 aromatic rings. The number of carbonyl (C=O) groups is 2. The Bertz CT molecular complexity index is 968. The maximum Gasteiger partial charge on any atom is 0.408 e. The maximum atomic E-state index is 13.3. The molecule has 1 aliphatic heterocycles. The molecule has 0 aromatic carbocycles. The molecule has 1 saturated carbocycles. The predicted molar refractivity (Wildman–Crippen MR) is 97.7 cm³/mol. The summed E-state index contributed by atoms with van der Waals surface area (Å²) in [6.07, 6.45) is -2.43. The van der Waals surface area contributed by atoms with Crippen LogP contribution in [0.1, 0.15) is 35.8 Å². The second-order valence-corrected chi connectivity index (χ2v) is 7.39. The number of urea groups is 1. The quantitative estimate of drug-likeness (QED) is 0.821. The molecular formula is C18H21F3N6O2. The lowest BCUT2D eigenvalue weighted by Gasteiger charge is -2.21. The molecule has 2 aliphatic rings. The number of aromatic nitrogens is 3. The fraction of sp³-hybridized carbons (Fsp3) is 0.556. The van der Waals surface area contributed by atoms with E-state index < -0.39 is 24.0 Å². The summed E-state index contributed by atoms with van der Waals surface area (Å²) in [6.45, 7) is 5.18. The lowest BCUT2D eigenvalue weighted by molar-refractivity contribution is -0.158. The number of alkyl halides is 3. The third-order valence-electron chi connectivity index (χ3n) is 5.37. The highest BCUT2D eigenvalue weighted by atomic mass is 19.4. The number of rotatable bonds is 5. The van der Waals surface area contributed by atoms with Gasteiger partial charge >= 0.3 is 12.2 Å². The van der Waals surface area contributed by atoms with Gasteiger partial charge in [-0.15, -0.1) is 0 Å². The summed E-state index contributed by atoms with van der Waals surface area (Å²) >= 11 is 0. The number of anilines is 1. The number of aryl methyl sites for hydroxylation is 1. The van der Waals surface area contributed by atoms with Crippen molar-refractivity contribution in [2.75, 3.05) is 24.5 Å². The van der Waals surface area contributed by atoms with Crippen LogP contribution < -0.4 is 10.2 Å². The molecule has 0 bridgehead atoms. The fourth-order valence-electron chi connectivity index (χ4n) is 3.60. The number of halogens is 3. The Morgan fingerprint density at radius 3 is 2.66 bits per heavy atom. The van der Waals surface area contributed by atoms with E-state index in [9.17, 15) is 22.8 Å². The fourth-order valence-corrected chi connectivity index (χ4v) is 3.60. The number of hydrogen-bond donors (Lipinski definition) is 1. The molecule has 2 fully saturated rings. The zero-order valence-corrected chi connectivity index (χ0v) is 16.0. The second kappa shape index (κ2) is 6.89. The molecule has 1 N–H and O–H groups in total. The van der Waals surface area contributed by atoms with Crippen molar-refractivity contribution in [3.63, 3.8) is 0 Å². The Kier molecular flexibility index (Phi) is 4.62. The molecule has 156 valence electrons. The van der Waals surface area contributed by atoms with E-state index in [1.165, 1.54) is 15.6 Å². The molecule has 29 heavy (non-hydrogen) atoms. The van der Waals surface area contributed by atoms with Gasteiger partial charge in [0.15, 0.2) is 5.65 Å². The highest BCUT2D eigenvalue weighted by Crippen LogP contribution is 2.40. The van der Waals surface area contributed by atoms with Crippen molar-refractivity contribution in [3.8, 4) is 0 Å². The molecule has 3 amide bonds. The van der Waals surface area contributed by atoms with Gasteiger partial charge in [-0.2, -0.15) is 18.3 Å². The van der Waals surface area contributed by atoms with E-state index in [0.717, 1.165) is 0 Å². The normalized spacial score (nSPS) is 18.6. The van der Waals surface area contributed by atoms with Gasteiger partial charge < -0.3 is 10.2 Å². The van der Waals surface area contributed by atoms with Crippen LogP contribution in [0.3, 0.4) is 0 Å². The molecule has 1 atom stereocenters. The Labute approximate surface area is 164 Å². The SMILES string of the molecule is CCN1CCN(c2cc(C)n3ncc(C(=O)NC(C4CC4)C(F)(F)F)c3n2)C1=O. The third kappa shape index (κ3) is 3.49. The van der Waals surface area contributed by atoms with Gasteiger partial charge in [0.2, 0.25) is 0 Å². The van der Waals surface area contributed by atoms with Crippen molar-refractivity contribution in [3.05, 3.63) is 23.5 Å². The van der Waals surface area contributed by atoms with Crippen LogP contribution in [0.2, 0.25) is 0 Å². The maximum absolute atomic E-state index is 13.3. The van der Waals surface area contributed by atoms with Crippen LogP contribution in [-0.2, 0) is 0 Å². The average molecular weight is 410 g/mol. The molecule has 8 nitrogen and oxygen atoms in total. The lowest BCUT2D eigenvalue weighted by atomic mass is 10.1. The van der Waals surface area contributed by atoms with E-state index in [0.29, 0.717) is 44.0 Å². The number of nitrogens with zero attached hydrogens (tertiary/aromatic N) is 5. The highest BCUT2D eigenvalue weighted by Gasteiger charge is 2.49. The van der Waals surface area contributed by atoms with E-state index in [1.54, 1.807) is 17.9 Å². The van der Waals surface area contributed by atoms with Gasteiger partial charge in [0.1, 0.15) is 17.4 Å². The molecule has 1 saturated heterocycles. The largest absolute Gasteiger partial charge is 0.408 e. The van der Waals surface area contributed by atoms with Crippen molar-refractivity contribution < 1.29 is 22.8 Å². The molecular weight excluding hydrogens is 389 g/mol. The Morgan fingerprint density at radius 2 is 2.07 bits per heavy atom. The van der Waals surface area contributed by atoms with Gasteiger partial charge in [-0.25, -0.2) is 14.3 Å². The summed E-state index contributed by atoms with van der Waals surface area (Å²) in [5.74, 6) is -1.12. The molecule has 2 aromatic heterocycles. The van der Waals surface area contributed by atoms with Crippen LogP contribution in [0.5, 0.6) is 0 Å². The first-order chi connectivity index (χ1) is 13.7. The van der Waals surface area contributed by atoms with Crippen molar-refractivity contribution in [1.29, 1.82) is 0 Å². The number of amides is 3. The molecule has 0 spiro atoms. The van der Waals surface area contributed by atoms with Crippen LogP contribution in [-0.4, -0.2) is 63.3 Å². The number of likely N-dealkylation sites (N-methyl/N-ethyl adjacent to an activating group) is 1. The number of carbonyl (C=O) groups excluding carboxylic acids is 2. The summed E-state index contributed by atoms with van der Waals surface area (Å²) < 4.78 is 41.2. The van der Waals surface area contributed by atoms with Crippen molar-refractivity contribution >= 4 is 23.4 Å². The average Bonchev–Trinajstić information content (AvgIpc) is 3.27. The van der Waals surface area contributed by atoms with Gasteiger partial charge in [0.05, 0.1) is 6.20 Å². The van der Waals surface area contributed by atoms with Crippen LogP contribution in [0.4, 0.5) is 23.8 Å². The minimum Gasteiger partial charge on any atom is -0.340 e. The van der Waals surface area contributed by atoms with E-state index >= 15 is 0 Å². The zero-order valence-electron chi connectivity index (χ0n) is 16.0. The topological polar surface area (TPSA) is 82.8 Å². The van der Waals surface area contributed by atoms with E-state index in [2.05, 4.69) is 15.4 Å². The molecule has 0 radical (unpaired) electrons. The lowest BCUT2D eigenvalue weighted by Crippen LogP contribution is -2.46. The Hall–Kier alpha value is -2.85. The van der Waals surface area contributed by atoms with Crippen LogP contribution in [0.25, 0.3) is 5.65 Å². The number of fused-ring (bicyclic) bond motifs is 1. The standard InChI is InChI=1S/C18H21F3N6O2/c1-3-25-6-7-26(17(25)29)13-8-10(2)27-15(23-13)12(9-22-27)16(28)24-14(11-4-5-11)18(19,20)21/h8-9,11,14H,3-7H2,1-2H3,(H,24,28). The first-order valence-electron chi connectivity index (χ1n) is 9.50. The first kappa shape index (κ1) is 19.5. The second-order valence-electron chi connectivity index (χ2n) is 7.39. The zero-order chi connectivity index (χ0) is 20.9. The molecule has 3 heterocycles. The van der Waals surface area contributed by atoms with Crippen LogP contribution in [0, 0.1) is 12.8 Å².